The van der Waals surface area contributed by atoms with Gasteiger partial charge in [0.1, 0.15) is 0 Å². The average molecular weight is 198 g/mol. The van der Waals surface area contributed by atoms with Gasteiger partial charge in [0.2, 0.25) is 0 Å². The molecule has 2 aliphatic rings. The monoisotopic (exact) mass is 198 g/mol. The number of hydrogen-bond acceptors (Lipinski definition) is 1. The largest absolute Gasteiger partial charge is 0.295 e. The number of ketones is 1. The molecule has 1 nitrogen and oxygen atoms in total. The molecule has 15 heavy (non-hydrogen) atoms. The Kier molecular flexibility index (Phi) is 1.82. The molecule has 0 heterocycles. The Bertz CT molecular complexity index is 444. The molecular weight excluding hydrogens is 184 g/mol. The second-order valence-electron chi connectivity index (χ2n) is 4.64. The van der Waals surface area contributed by atoms with Crippen molar-refractivity contribution in [3.63, 3.8) is 0 Å². The van der Waals surface area contributed by atoms with Crippen LogP contribution in [0.4, 0.5) is 0 Å². The molecule has 1 spiro atoms. The van der Waals surface area contributed by atoms with Gasteiger partial charge in [-0.3, -0.25) is 4.79 Å². The molecular formula is C14H14O. The van der Waals surface area contributed by atoms with Crippen LogP contribution < -0.4 is 0 Å². The lowest BCUT2D eigenvalue weighted by Gasteiger charge is -2.33. The first-order valence-electron chi connectivity index (χ1n) is 5.61. The van der Waals surface area contributed by atoms with Crippen molar-refractivity contribution in [1.29, 1.82) is 0 Å². The fourth-order valence-corrected chi connectivity index (χ4v) is 2.99. The van der Waals surface area contributed by atoms with Crippen molar-refractivity contribution in [1.82, 2.24) is 0 Å². The van der Waals surface area contributed by atoms with Gasteiger partial charge in [0.05, 0.1) is 0 Å². The van der Waals surface area contributed by atoms with E-state index in [9.17, 15) is 4.79 Å². The van der Waals surface area contributed by atoms with Crippen molar-refractivity contribution >= 4 is 5.78 Å². The minimum Gasteiger partial charge on any atom is -0.295 e. The van der Waals surface area contributed by atoms with Crippen LogP contribution in [0, 0.1) is 0 Å². The summed E-state index contributed by atoms with van der Waals surface area (Å²) in [5.74, 6) is 0.284. The summed E-state index contributed by atoms with van der Waals surface area (Å²) in [6.45, 7) is 0. The van der Waals surface area contributed by atoms with Crippen LogP contribution in [0.2, 0.25) is 0 Å². The minimum absolute atomic E-state index is 0.0475. The van der Waals surface area contributed by atoms with Crippen molar-refractivity contribution < 1.29 is 4.79 Å². The molecule has 2 aliphatic carbocycles. The zero-order valence-corrected chi connectivity index (χ0v) is 8.70. The van der Waals surface area contributed by atoms with Crippen molar-refractivity contribution in [2.45, 2.75) is 31.1 Å². The molecule has 0 fully saturated rings. The van der Waals surface area contributed by atoms with Gasteiger partial charge in [-0.05, 0) is 36.5 Å². The van der Waals surface area contributed by atoms with E-state index >= 15 is 0 Å². The lowest BCUT2D eigenvalue weighted by molar-refractivity contribution is -0.114. The van der Waals surface area contributed by atoms with E-state index in [2.05, 4.69) is 30.3 Å². The van der Waals surface area contributed by atoms with Crippen molar-refractivity contribution in [3.05, 3.63) is 47.5 Å². The number of benzene rings is 1. The Morgan fingerprint density at radius 3 is 2.87 bits per heavy atom. The quantitative estimate of drug-likeness (QED) is 0.626. The molecule has 0 N–H and O–H groups in total. The molecule has 3 rings (SSSR count). The summed E-state index contributed by atoms with van der Waals surface area (Å²) in [6, 6.07) is 8.57. The zero-order chi connectivity index (χ0) is 10.3. The van der Waals surface area contributed by atoms with Crippen LogP contribution in [0.3, 0.4) is 0 Å². The van der Waals surface area contributed by atoms with Gasteiger partial charge in [0.15, 0.2) is 5.78 Å². The van der Waals surface area contributed by atoms with Crippen LogP contribution >= 0.6 is 0 Å². The number of allylic oxidation sites excluding steroid dienone is 2. The van der Waals surface area contributed by atoms with Gasteiger partial charge in [-0.25, -0.2) is 0 Å². The number of carbonyl (C=O) groups excluding carboxylic acids is 1. The van der Waals surface area contributed by atoms with Crippen molar-refractivity contribution in [3.8, 4) is 0 Å². The highest BCUT2D eigenvalue weighted by Crippen LogP contribution is 2.43. The van der Waals surface area contributed by atoms with Crippen LogP contribution in [0.25, 0.3) is 0 Å². The summed E-state index contributed by atoms with van der Waals surface area (Å²) < 4.78 is 0. The van der Waals surface area contributed by atoms with E-state index in [1.54, 1.807) is 6.08 Å². The molecule has 1 heteroatoms. The van der Waals surface area contributed by atoms with Crippen molar-refractivity contribution in [2.24, 2.45) is 0 Å². The van der Waals surface area contributed by atoms with E-state index in [1.165, 1.54) is 24.0 Å². The lowest BCUT2D eigenvalue weighted by atomic mass is 9.70. The Morgan fingerprint density at radius 2 is 2.07 bits per heavy atom. The second-order valence-corrected chi connectivity index (χ2v) is 4.64. The smallest absolute Gasteiger partial charge is 0.156 e. The summed E-state index contributed by atoms with van der Waals surface area (Å²) in [5.41, 5.74) is 2.87. The van der Waals surface area contributed by atoms with Gasteiger partial charge in [0.25, 0.3) is 0 Å². The highest BCUT2D eigenvalue weighted by molar-refractivity contribution is 5.94. The van der Waals surface area contributed by atoms with Crippen LogP contribution in [-0.4, -0.2) is 5.78 Å². The summed E-state index contributed by atoms with van der Waals surface area (Å²) in [6.07, 6.45) is 8.08. The molecule has 0 unspecified atom stereocenters. The molecule has 1 atom stereocenters. The number of rotatable bonds is 0. The van der Waals surface area contributed by atoms with Crippen molar-refractivity contribution in [2.75, 3.05) is 0 Å². The molecule has 1 aromatic carbocycles. The first-order chi connectivity index (χ1) is 7.30. The first-order valence-corrected chi connectivity index (χ1v) is 5.61. The molecule has 0 saturated carbocycles. The Balaban J connectivity index is 2.14. The third-order valence-corrected chi connectivity index (χ3v) is 3.70. The van der Waals surface area contributed by atoms with Gasteiger partial charge >= 0.3 is 0 Å². The van der Waals surface area contributed by atoms with Crippen LogP contribution in [-0.2, 0) is 16.6 Å². The molecule has 0 aliphatic heterocycles. The second kappa shape index (κ2) is 3.06. The number of fused-ring (bicyclic) bond motifs is 2. The molecule has 0 radical (unpaired) electrons. The predicted molar refractivity (Wildman–Crippen MR) is 59.8 cm³/mol. The van der Waals surface area contributed by atoms with E-state index in [1.807, 2.05) is 0 Å². The Morgan fingerprint density at radius 1 is 1.20 bits per heavy atom. The summed E-state index contributed by atoms with van der Waals surface area (Å²) in [5, 5.41) is 0. The van der Waals surface area contributed by atoms with Gasteiger partial charge in [-0.15, -0.1) is 0 Å². The highest BCUT2D eigenvalue weighted by atomic mass is 16.1. The normalized spacial score (nSPS) is 28.4. The van der Waals surface area contributed by atoms with Crippen LogP contribution in [0.15, 0.2) is 36.4 Å². The number of aryl methyl sites for hydroxylation is 1. The molecule has 0 bridgehead atoms. The van der Waals surface area contributed by atoms with E-state index in [4.69, 9.17) is 0 Å². The predicted octanol–water partition coefficient (Wildman–Crippen LogP) is 2.79. The van der Waals surface area contributed by atoms with E-state index in [0.717, 1.165) is 6.42 Å². The molecule has 0 amide bonds. The Labute approximate surface area is 89.8 Å². The van der Waals surface area contributed by atoms with Crippen LogP contribution in [0.1, 0.15) is 30.4 Å². The van der Waals surface area contributed by atoms with E-state index in [0.29, 0.717) is 6.42 Å². The fraction of sp³-hybridized carbons (Fsp3) is 0.357. The topological polar surface area (TPSA) is 17.1 Å². The average Bonchev–Trinajstić information content (AvgIpc) is 2.62. The van der Waals surface area contributed by atoms with E-state index < -0.39 is 0 Å². The van der Waals surface area contributed by atoms with Crippen LogP contribution in [0.5, 0.6) is 0 Å². The standard InChI is InChI=1S/C14H14O/c15-12-7-9-14(10-12)8-3-5-11-4-1-2-6-13(11)14/h1-2,4,6-7,9H,3,5,8,10H2/t14-/m1/s1. The highest BCUT2D eigenvalue weighted by Gasteiger charge is 2.38. The van der Waals surface area contributed by atoms with Gasteiger partial charge in [-0.2, -0.15) is 0 Å². The number of hydrogen-bond donors (Lipinski definition) is 0. The first kappa shape index (κ1) is 8.90. The fourth-order valence-electron chi connectivity index (χ4n) is 2.99. The van der Waals surface area contributed by atoms with Gasteiger partial charge in [0, 0.05) is 11.8 Å². The molecule has 0 aromatic heterocycles. The summed E-state index contributed by atoms with van der Waals surface area (Å²) in [4.78, 5) is 11.4. The molecule has 0 saturated heterocycles. The maximum absolute atomic E-state index is 11.4. The molecule has 1 aromatic rings. The van der Waals surface area contributed by atoms with Gasteiger partial charge < -0.3 is 0 Å². The summed E-state index contributed by atoms with van der Waals surface area (Å²) >= 11 is 0. The zero-order valence-electron chi connectivity index (χ0n) is 8.70. The number of carbonyl (C=O) groups is 1. The Hall–Kier alpha value is -1.37. The third kappa shape index (κ3) is 1.26. The minimum atomic E-state index is 0.0475. The summed E-state index contributed by atoms with van der Waals surface area (Å²) in [7, 11) is 0. The maximum atomic E-state index is 11.4. The lowest BCUT2D eigenvalue weighted by Crippen LogP contribution is -2.27. The third-order valence-electron chi connectivity index (χ3n) is 3.70. The van der Waals surface area contributed by atoms with E-state index in [-0.39, 0.29) is 11.2 Å². The molecule has 76 valence electrons. The SMILES string of the molecule is O=C1C=C[C@]2(CCCc3ccccc32)C1. The maximum Gasteiger partial charge on any atom is 0.156 e. The van der Waals surface area contributed by atoms with Gasteiger partial charge in [-0.1, -0.05) is 30.3 Å².